The van der Waals surface area contributed by atoms with E-state index in [9.17, 15) is 9.59 Å². The molecular weight excluding hydrogens is 280 g/mol. The van der Waals surface area contributed by atoms with Crippen LogP contribution >= 0.6 is 0 Å². The van der Waals surface area contributed by atoms with Crippen LogP contribution in [0.25, 0.3) is 0 Å². The van der Waals surface area contributed by atoms with Gasteiger partial charge in [0, 0.05) is 12.6 Å². The lowest BCUT2D eigenvalue weighted by Gasteiger charge is -2.25. The Hall–Kier alpha value is -2.08. The van der Waals surface area contributed by atoms with Crippen molar-refractivity contribution in [3.8, 4) is 0 Å². The van der Waals surface area contributed by atoms with E-state index in [0.29, 0.717) is 0 Å². The van der Waals surface area contributed by atoms with Crippen LogP contribution in [0, 0.1) is 6.92 Å². The average Bonchev–Trinajstić information content (AvgIpc) is 2.47. The van der Waals surface area contributed by atoms with Crippen LogP contribution < -0.4 is 21.7 Å². The quantitative estimate of drug-likeness (QED) is 0.652. The third-order valence-corrected chi connectivity index (χ3v) is 3.93. The van der Waals surface area contributed by atoms with Gasteiger partial charge < -0.3 is 21.7 Å². The summed E-state index contributed by atoms with van der Waals surface area (Å²) in [7, 11) is 0. The molecule has 0 radical (unpaired) electrons. The molecule has 0 spiro atoms. The molecule has 1 fully saturated rings. The van der Waals surface area contributed by atoms with Crippen molar-refractivity contribution in [2.24, 2.45) is 5.73 Å². The van der Waals surface area contributed by atoms with Crippen molar-refractivity contribution in [3.05, 3.63) is 35.4 Å². The van der Waals surface area contributed by atoms with Crippen molar-refractivity contribution in [1.82, 2.24) is 16.0 Å². The van der Waals surface area contributed by atoms with Gasteiger partial charge in [0.2, 0.25) is 5.91 Å². The minimum Gasteiger partial charge on any atom is -0.352 e. The highest BCUT2D eigenvalue weighted by molar-refractivity contribution is 5.79. The molecule has 1 aromatic rings. The number of hydrogen-bond donors (Lipinski definition) is 4. The first kappa shape index (κ1) is 16.3. The number of aryl methyl sites for hydroxylation is 1. The minimum atomic E-state index is -0.625. The fourth-order valence-corrected chi connectivity index (χ4v) is 2.84. The predicted molar refractivity (Wildman–Crippen MR) is 85.3 cm³/mol. The lowest BCUT2D eigenvalue weighted by atomic mass is 9.98. The normalized spacial score (nSPS) is 19.2. The van der Waals surface area contributed by atoms with Gasteiger partial charge in [-0.15, -0.1) is 0 Å². The maximum Gasteiger partial charge on any atom is 0.312 e. The fraction of sp³-hybridized carbons (Fsp3) is 0.500. The molecule has 1 saturated heterocycles. The van der Waals surface area contributed by atoms with E-state index < -0.39 is 12.1 Å². The zero-order valence-electron chi connectivity index (χ0n) is 12.9. The zero-order chi connectivity index (χ0) is 15.9. The van der Waals surface area contributed by atoms with Gasteiger partial charge in [0.15, 0.2) is 0 Å². The number of primary amides is 1. The van der Waals surface area contributed by atoms with Gasteiger partial charge in [-0.3, -0.25) is 4.79 Å². The number of nitrogens with one attached hydrogen (secondary N) is 3. The first-order valence-electron chi connectivity index (χ1n) is 7.68. The van der Waals surface area contributed by atoms with E-state index in [4.69, 9.17) is 5.73 Å². The standard InChI is InChI=1S/C16H24N4O2/c1-11-5-2-3-7-13(11)14(20-16(17)22)9-15(21)19-12-6-4-8-18-10-12/h2-3,5,7,12,14,18H,4,6,8-10H2,1H3,(H,19,21)(H3,17,20,22). The number of carbonyl (C=O) groups excluding carboxylic acids is 2. The Labute approximate surface area is 130 Å². The van der Waals surface area contributed by atoms with E-state index in [2.05, 4.69) is 16.0 Å². The summed E-state index contributed by atoms with van der Waals surface area (Å²) < 4.78 is 0. The minimum absolute atomic E-state index is 0.0734. The SMILES string of the molecule is Cc1ccccc1C(CC(=O)NC1CCCNC1)NC(N)=O. The van der Waals surface area contributed by atoms with Gasteiger partial charge in [-0.1, -0.05) is 24.3 Å². The van der Waals surface area contributed by atoms with Gasteiger partial charge in [-0.2, -0.15) is 0 Å². The van der Waals surface area contributed by atoms with Crippen LogP contribution in [-0.4, -0.2) is 31.1 Å². The number of carbonyl (C=O) groups is 2. The second-order valence-corrected chi connectivity index (χ2v) is 5.73. The molecule has 1 heterocycles. The van der Waals surface area contributed by atoms with Crippen LogP contribution in [0.1, 0.15) is 36.4 Å². The highest BCUT2D eigenvalue weighted by Crippen LogP contribution is 2.20. The van der Waals surface area contributed by atoms with Crippen molar-refractivity contribution in [2.45, 2.75) is 38.3 Å². The molecule has 5 N–H and O–H groups in total. The number of benzene rings is 1. The molecule has 6 heteroatoms. The molecule has 120 valence electrons. The van der Waals surface area contributed by atoms with Crippen molar-refractivity contribution in [2.75, 3.05) is 13.1 Å². The van der Waals surface area contributed by atoms with Crippen LogP contribution in [0.3, 0.4) is 0 Å². The summed E-state index contributed by atoms with van der Waals surface area (Å²) in [5, 5.41) is 8.95. The molecule has 3 amide bonds. The van der Waals surface area contributed by atoms with Crippen molar-refractivity contribution >= 4 is 11.9 Å². The molecule has 2 unspecified atom stereocenters. The van der Waals surface area contributed by atoms with Gasteiger partial charge in [0.25, 0.3) is 0 Å². The van der Waals surface area contributed by atoms with Crippen LogP contribution in [0.5, 0.6) is 0 Å². The van der Waals surface area contributed by atoms with E-state index in [1.54, 1.807) is 0 Å². The molecule has 2 rings (SSSR count). The Morgan fingerprint density at radius 2 is 2.18 bits per heavy atom. The highest BCUT2D eigenvalue weighted by Gasteiger charge is 2.21. The number of piperidine rings is 1. The van der Waals surface area contributed by atoms with E-state index >= 15 is 0 Å². The topological polar surface area (TPSA) is 96.2 Å². The summed E-state index contributed by atoms with van der Waals surface area (Å²) in [5.41, 5.74) is 7.19. The Kier molecular flexibility index (Phi) is 5.77. The first-order chi connectivity index (χ1) is 10.6. The number of rotatable bonds is 5. The van der Waals surface area contributed by atoms with Crippen molar-refractivity contribution in [3.63, 3.8) is 0 Å². The Morgan fingerprint density at radius 1 is 1.41 bits per heavy atom. The molecule has 0 aromatic heterocycles. The number of hydrogen-bond acceptors (Lipinski definition) is 3. The number of nitrogens with two attached hydrogens (primary N) is 1. The third-order valence-electron chi connectivity index (χ3n) is 3.93. The lowest BCUT2D eigenvalue weighted by molar-refractivity contribution is -0.122. The number of amides is 3. The van der Waals surface area contributed by atoms with Crippen LogP contribution in [0.2, 0.25) is 0 Å². The average molecular weight is 304 g/mol. The largest absolute Gasteiger partial charge is 0.352 e. The van der Waals surface area contributed by atoms with E-state index in [1.807, 2.05) is 31.2 Å². The van der Waals surface area contributed by atoms with Gasteiger partial charge >= 0.3 is 6.03 Å². The molecule has 1 aromatic carbocycles. The van der Waals surface area contributed by atoms with Crippen LogP contribution in [-0.2, 0) is 4.79 Å². The zero-order valence-corrected chi connectivity index (χ0v) is 12.9. The molecular formula is C16H24N4O2. The molecule has 22 heavy (non-hydrogen) atoms. The summed E-state index contributed by atoms with van der Waals surface area (Å²) in [5.74, 6) is -0.0734. The fourth-order valence-electron chi connectivity index (χ4n) is 2.84. The Balaban J connectivity index is 2.01. The molecule has 0 bridgehead atoms. The Bertz CT molecular complexity index is 527. The maximum atomic E-state index is 12.3. The summed E-state index contributed by atoms with van der Waals surface area (Å²) in [6.45, 7) is 3.75. The summed E-state index contributed by atoms with van der Waals surface area (Å²) in [4.78, 5) is 23.5. The van der Waals surface area contributed by atoms with E-state index in [1.165, 1.54) is 0 Å². The maximum absolute atomic E-state index is 12.3. The molecule has 1 aliphatic rings. The molecule has 0 saturated carbocycles. The number of urea groups is 1. The smallest absolute Gasteiger partial charge is 0.312 e. The first-order valence-corrected chi connectivity index (χ1v) is 7.68. The molecule has 6 nitrogen and oxygen atoms in total. The summed E-state index contributed by atoms with van der Waals surface area (Å²) >= 11 is 0. The second kappa shape index (κ2) is 7.79. The van der Waals surface area contributed by atoms with Gasteiger partial charge in [-0.05, 0) is 37.4 Å². The highest BCUT2D eigenvalue weighted by atomic mass is 16.2. The molecule has 1 aliphatic heterocycles. The Morgan fingerprint density at radius 3 is 2.82 bits per heavy atom. The van der Waals surface area contributed by atoms with E-state index in [-0.39, 0.29) is 18.4 Å². The van der Waals surface area contributed by atoms with Crippen LogP contribution in [0.4, 0.5) is 4.79 Å². The predicted octanol–water partition coefficient (Wildman–Crippen LogP) is 0.963. The molecule has 0 aliphatic carbocycles. The summed E-state index contributed by atoms with van der Waals surface area (Å²) in [6, 6.07) is 6.80. The van der Waals surface area contributed by atoms with Gasteiger partial charge in [-0.25, -0.2) is 4.79 Å². The van der Waals surface area contributed by atoms with Crippen molar-refractivity contribution < 1.29 is 9.59 Å². The third kappa shape index (κ3) is 4.73. The molecule has 2 atom stereocenters. The van der Waals surface area contributed by atoms with Gasteiger partial charge in [0.05, 0.1) is 12.5 Å². The van der Waals surface area contributed by atoms with Gasteiger partial charge in [0.1, 0.15) is 0 Å². The summed E-state index contributed by atoms with van der Waals surface area (Å²) in [6.07, 6.45) is 2.23. The van der Waals surface area contributed by atoms with E-state index in [0.717, 1.165) is 37.1 Å². The van der Waals surface area contributed by atoms with Crippen LogP contribution in [0.15, 0.2) is 24.3 Å². The monoisotopic (exact) mass is 304 g/mol. The lowest BCUT2D eigenvalue weighted by Crippen LogP contribution is -2.46. The van der Waals surface area contributed by atoms with Crippen molar-refractivity contribution in [1.29, 1.82) is 0 Å². The second-order valence-electron chi connectivity index (χ2n) is 5.73.